The monoisotopic (exact) mass is 388 g/mol. The quantitative estimate of drug-likeness (QED) is 0.478. The molecule has 4 aromatic rings. The first-order valence-corrected chi connectivity index (χ1v) is 9.19. The summed E-state index contributed by atoms with van der Waals surface area (Å²) >= 11 is 0. The molecule has 1 amide bonds. The van der Waals surface area contributed by atoms with Crippen LogP contribution in [-0.4, -0.2) is 22.6 Å². The van der Waals surface area contributed by atoms with Crippen molar-refractivity contribution in [3.63, 3.8) is 0 Å². The minimum atomic E-state index is -0.304. The van der Waals surface area contributed by atoms with Crippen LogP contribution in [0.1, 0.15) is 11.1 Å². The standard InChI is InChI=1S/C23H20N2O4/c1-14-7-3-5-9-19(14)28-13-21(26)24-16-11-15(2)22(27)17(12-16)23-25-18-8-4-6-10-20(18)29-23/h3-12,27H,13H2,1-2H3,(H,24,26). The summed E-state index contributed by atoms with van der Waals surface area (Å²) in [6, 6.07) is 18.2. The van der Waals surface area contributed by atoms with Crippen LogP contribution in [0.3, 0.4) is 0 Å². The number of nitrogens with one attached hydrogen (secondary N) is 1. The third kappa shape index (κ3) is 3.91. The summed E-state index contributed by atoms with van der Waals surface area (Å²) in [6.07, 6.45) is 0. The van der Waals surface area contributed by atoms with Crippen LogP contribution in [-0.2, 0) is 4.79 Å². The number of anilines is 1. The molecule has 0 unspecified atom stereocenters. The highest BCUT2D eigenvalue weighted by Gasteiger charge is 2.16. The Morgan fingerprint density at radius 2 is 1.83 bits per heavy atom. The lowest BCUT2D eigenvalue weighted by Gasteiger charge is -2.12. The molecule has 0 aliphatic rings. The van der Waals surface area contributed by atoms with E-state index in [1.807, 2.05) is 55.5 Å². The van der Waals surface area contributed by atoms with Gasteiger partial charge < -0.3 is 19.6 Å². The van der Waals surface area contributed by atoms with Crippen molar-refractivity contribution >= 4 is 22.7 Å². The van der Waals surface area contributed by atoms with Crippen LogP contribution in [0.5, 0.6) is 11.5 Å². The molecule has 6 nitrogen and oxygen atoms in total. The van der Waals surface area contributed by atoms with Crippen LogP contribution < -0.4 is 10.1 Å². The number of carbonyl (C=O) groups excluding carboxylic acids is 1. The number of phenols is 1. The number of phenolic OH excluding ortho intramolecular Hbond substituents is 1. The number of aromatic nitrogens is 1. The van der Waals surface area contributed by atoms with Gasteiger partial charge in [0.2, 0.25) is 5.89 Å². The van der Waals surface area contributed by atoms with Gasteiger partial charge in [-0.15, -0.1) is 0 Å². The molecule has 1 heterocycles. The van der Waals surface area contributed by atoms with Gasteiger partial charge in [0, 0.05) is 5.69 Å². The maximum absolute atomic E-state index is 12.3. The summed E-state index contributed by atoms with van der Waals surface area (Å²) in [5, 5.41) is 13.3. The van der Waals surface area contributed by atoms with Gasteiger partial charge in [-0.1, -0.05) is 30.3 Å². The zero-order valence-corrected chi connectivity index (χ0v) is 16.1. The minimum Gasteiger partial charge on any atom is -0.507 e. The van der Waals surface area contributed by atoms with Crippen molar-refractivity contribution < 1.29 is 19.1 Å². The molecule has 0 saturated carbocycles. The first-order chi connectivity index (χ1) is 14.0. The Balaban J connectivity index is 1.55. The third-order valence-electron chi connectivity index (χ3n) is 4.56. The Labute approximate surface area is 167 Å². The van der Waals surface area contributed by atoms with E-state index >= 15 is 0 Å². The Morgan fingerprint density at radius 1 is 1.07 bits per heavy atom. The smallest absolute Gasteiger partial charge is 0.262 e. The second kappa shape index (κ2) is 7.67. The van der Waals surface area contributed by atoms with Gasteiger partial charge in [0.05, 0.1) is 5.56 Å². The first kappa shape index (κ1) is 18.6. The largest absolute Gasteiger partial charge is 0.507 e. The number of ether oxygens (including phenoxy) is 1. The number of hydrogen-bond donors (Lipinski definition) is 2. The molecule has 0 bridgehead atoms. The lowest BCUT2D eigenvalue weighted by molar-refractivity contribution is -0.118. The maximum atomic E-state index is 12.3. The van der Waals surface area contributed by atoms with E-state index in [-0.39, 0.29) is 18.3 Å². The summed E-state index contributed by atoms with van der Waals surface area (Å²) in [6.45, 7) is 3.55. The number of nitrogens with zero attached hydrogens (tertiary/aromatic N) is 1. The van der Waals surface area contributed by atoms with Crippen LogP contribution in [0.15, 0.2) is 65.1 Å². The van der Waals surface area contributed by atoms with E-state index in [4.69, 9.17) is 9.15 Å². The van der Waals surface area contributed by atoms with Crippen molar-refractivity contribution in [3.8, 4) is 23.0 Å². The second-order valence-electron chi connectivity index (χ2n) is 6.78. The van der Waals surface area contributed by atoms with E-state index in [0.29, 0.717) is 39.6 Å². The predicted molar refractivity (Wildman–Crippen MR) is 111 cm³/mol. The molecule has 2 N–H and O–H groups in total. The highest BCUT2D eigenvalue weighted by Crippen LogP contribution is 2.36. The van der Waals surface area contributed by atoms with Gasteiger partial charge in [0.25, 0.3) is 5.91 Å². The SMILES string of the molecule is Cc1ccccc1OCC(=O)Nc1cc(C)c(O)c(-c2nc3ccccc3o2)c1. The third-order valence-corrected chi connectivity index (χ3v) is 4.56. The Kier molecular flexibility index (Phi) is 4.91. The van der Waals surface area contributed by atoms with Crippen molar-refractivity contribution in [1.29, 1.82) is 0 Å². The number of amides is 1. The van der Waals surface area contributed by atoms with Crippen LogP contribution in [0.4, 0.5) is 5.69 Å². The van der Waals surface area contributed by atoms with E-state index < -0.39 is 0 Å². The molecule has 4 rings (SSSR count). The molecular weight excluding hydrogens is 368 g/mol. The molecule has 0 aliphatic heterocycles. The number of oxazole rings is 1. The number of para-hydroxylation sites is 3. The summed E-state index contributed by atoms with van der Waals surface area (Å²) < 4.78 is 11.3. The lowest BCUT2D eigenvalue weighted by atomic mass is 10.1. The number of hydrogen-bond acceptors (Lipinski definition) is 5. The zero-order valence-electron chi connectivity index (χ0n) is 16.1. The maximum Gasteiger partial charge on any atom is 0.262 e. The number of aromatic hydroxyl groups is 1. The van der Waals surface area contributed by atoms with Gasteiger partial charge in [-0.05, 0) is 55.3 Å². The molecule has 0 radical (unpaired) electrons. The second-order valence-corrected chi connectivity index (χ2v) is 6.78. The van der Waals surface area contributed by atoms with Crippen molar-refractivity contribution in [1.82, 2.24) is 4.98 Å². The molecular formula is C23H20N2O4. The number of carbonyl (C=O) groups is 1. The van der Waals surface area contributed by atoms with Crippen molar-refractivity contribution in [2.24, 2.45) is 0 Å². The lowest BCUT2D eigenvalue weighted by Crippen LogP contribution is -2.20. The fraction of sp³-hybridized carbons (Fsp3) is 0.130. The molecule has 6 heteroatoms. The Hall–Kier alpha value is -3.80. The van der Waals surface area contributed by atoms with E-state index in [1.165, 1.54) is 0 Å². The van der Waals surface area contributed by atoms with Gasteiger partial charge in [0.15, 0.2) is 12.2 Å². The first-order valence-electron chi connectivity index (χ1n) is 9.19. The number of fused-ring (bicyclic) bond motifs is 1. The molecule has 0 fully saturated rings. The number of aryl methyl sites for hydroxylation is 2. The van der Waals surface area contributed by atoms with Gasteiger partial charge in [-0.2, -0.15) is 0 Å². The highest BCUT2D eigenvalue weighted by molar-refractivity contribution is 5.93. The van der Waals surface area contributed by atoms with Crippen molar-refractivity contribution in [2.75, 3.05) is 11.9 Å². The Bertz CT molecular complexity index is 1160. The van der Waals surface area contributed by atoms with Gasteiger partial charge in [-0.25, -0.2) is 4.98 Å². The van der Waals surface area contributed by atoms with Gasteiger partial charge in [-0.3, -0.25) is 4.79 Å². The highest BCUT2D eigenvalue weighted by atomic mass is 16.5. The van der Waals surface area contributed by atoms with Crippen LogP contribution in [0, 0.1) is 13.8 Å². The molecule has 0 aliphatic carbocycles. The molecule has 0 spiro atoms. The zero-order chi connectivity index (χ0) is 20.4. The van der Waals surface area contributed by atoms with Crippen molar-refractivity contribution in [2.45, 2.75) is 13.8 Å². The molecule has 146 valence electrons. The fourth-order valence-corrected chi connectivity index (χ4v) is 3.06. The summed E-state index contributed by atoms with van der Waals surface area (Å²) in [4.78, 5) is 16.8. The van der Waals surface area contributed by atoms with Gasteiger partial charge >= 0.3 is 0 Å². The average molecular weight is 388 g/mol. The molecule has 0 atom stereocenters. The minimum absolute atomic E-state index is 0.0608. The summed E-state index contributed by atoms with van der Waals surface area (Å²) in [5.74, 6) is 0.711. The van der Waals surface area contributed by atoms with Crippen LogP contribution in [0.25, 0.3) is 22.6 Å². The Morgan fingerprint density at radius 3 is 2.62 bits per heavy atom. The molecule has 29 heavy (non-hydrogen) atoms. The van der Waals surface area contributed by atoms with Crippen LogP contribution in [0.2, 0.25) is 0 Å². The molecule has 3 aromatic carbocycles. The fourth-order valence-electron chi connectivity index (χ4n) is 3.06. The van der Waals surface area contributed by atoms with E-state index in [2.05, 4.69) is 10.3 Å². The predicted octanol–water partition coefficient (Wildman–Crippen LogP) is 4.83. The normalized spacial score (nSPS) is 10.8. The van der Waals surface area contributed by atoms with Crippen molar-refractivity contribution in [3.05, 3.63) is 71.8 Å². The molecule has 0 saturated heterocycles. The van der Waals surface area contributed by atoms with E-state index in [9.17, 15) is 9.90 Å². The van der Waals surface area contributed by atoms with E-state index in [1.54, 1.807) is 19.1 Å². The van der Waals surface area contributed by atoms with Crippen LogP contribution >= 0.6 is 0 Å². The van der Waals surface area contributed by atoms with E-state index in [0.717, 1.165) is 5.56 Å². The summed E-state index contributed by atoms with van der Waals surface area (Å²) in [7, 11) is 0. The van der Waals surface area contributed by atoms with Gasteiger partial charge in [0.1, 0.15) is 17.0 Å². The average Bonchev–Trinajstić information content (AvgIpc) is 3.14. The number of benzene rings is 3. The molecule has 1 aromatic heterocycles. The topological polar surface area (TPSA) is 84.6 Å². The number of rotatable bonds is 5. The summed E-state index contributed by atoms with van der Waals surface area (Å²) in [5.41, 5.74) is 3.81.